The van der Waals surface area contributed by atoms with E-state index >= 15 is 0 Å². The average Bonchev–Trinajstić information content (AvgIpc) is 2.17. The van der Waals surface area contributed by atoms with Crippen molar-refractivity contribution >= 4 is 0 Å². The van der Waals surface area contributed by atoms with Gasteiger partial charge in [0.15, 0.2) is 0 Å². The fraction of sp³-hybridized carbons (Fsp3) is 0.846. The molecule has 0 aromatic carbocycles. The van der Waals surface area contributed by atoms with Crippen molar-refractivity contribution in [3.05, 3.63) is 12.2 Å². The topological polar surface area (TPSA) is 12.0 Å². The summed E-state index contributed by atoms with van der Waals surface area (Å²) in [6, 6.07) is 0. The summed E-state index contributed by atoms with van der Waals surface area (Å²) in [4.78, 5) is 0. The van der Waals surface area contributed by atoms with Gasteiger partial charge in [0.1, 0.15) is 0 Å². The van der Waals surface area contributed by atoms with Gasteiger partial charge in [0.25, 0.3) is 0 Å². The van der Waals surface area contributed by atoms with Crippen LogP contribution in [0.5, 0.6) is 0 Å². The summed E-state index contributed by atoms with van der Waals surface area (Å²) in [7, 11) is 0. The van der Waals surface area contributed by atoms with Gasteiger partial charge in [-0.3, -0.25) is 0 Å². The van der Waals surface area contributed by atoms with Crippen molar-refractivity contribution < 1.29 is 0 Å². The zero-order valence-corrected chi connectivity index (χ0v) is 9.39. The molecule has 0 spiro atoms. The Morgan fingerprint density at radius 3 is 2.79 bits per heavy atom. The van der Waals surface area contributed by atoms with E-state index in [2.05, 4.69) is 24.4 Å². The monoisotopic (exact) mass is 193 g/mol. The maximum atomic E-state index is 3.66. The molecule has 1 unspecified atom stereocenters. The van der Waals surface area contributed by atoms with Gasteiger partial charge >= 0.3 is 0 Å². The minimum atomic E-state index is 0.643. The van der Waals surface area contributed by atoms with Gasteiger partial charge in [-0.25, -0.2) is 0 Å². The SMILES string of the molecule is CC1(CNCC2CC=CCC2)CCC1. The average molecular weight is 193 g/mol. The quantitative estimate of drug-likeness (QED) is 0.676. The first-order valence-corrected chi connectivity index (χ1v) is 6.14. The minimum absolute atomic E-state index is 0.643. The Bertz CT molecular complexity index is 203. The van der Waals surface area contributed by atoms with E-state index in [0.717, 1.165) is 5.92 Å². The second kappa shape index (κ2) is 4.48. The van der Waals surface area contributed by atoms with Crippen LogP contribution in [0.25, 0.3) is 0 Å². The summed E-state index contributed by atoms with van der Waals surface area (Å²) in [5, 5.41) is 3.66. The number of hydrogen-bond acceptors (Lipinski definition) is 1. The van der Waals surface area contributed by atoms with Gasteiger partial charge in [-0.15, -0.1) is 0 Å². The normalized spacial score (nSPS) is 29.9. The highest BCUT2D eigenvalue weighted by Gasteiger charge is 2.31. The van der Waals surface area contributed by atoms with E-state index in [1.807, 2.05) is 0 Å². The molecule has 0 radical (unpaired) electrons. The van der Waals surface area contributed by atoms with Crippen LogP contribution in [0.15, 0.2) is 12.2 Å². The molecule has 1 N–H and O–H groups in total. The van der Waals surface area contributed by atoms with E-state index in [0.29, 0.717) is 5.41 Å². The zero-order valence-electron chi connectivity index (χ0n) is 9.39. The molecule has 1 fully saturated rings. The first-order chi connectivity index (χ1) is 6.79. The lowest BCUT2D eigenvalue weighted by molar-refractivity contribution is 0.154. The van der Waals surface area contributed by atoms with E-state index in [1.165, 1.54) is 51.6 Å². The standard InChI is InChI=1S/C13H23N/c1-13(8-5-9-13)11-14-10-12-6-3-2-4-7-12/h2-3,12,14H,4-11H2,1H3. The number of nitrogens with one attached hydrogen (secondary N) is 1. The van der Waals surface area contributed by atoms with Gasteiger partial charge in [-0.05, 0) is 50.0 Å². The Kier molecular flexibility index (Phi) is 3.27. The van der Waals surface area contributed by atoms with Gasteiger partial charge in [0.2, 0.25) is 0 Å². The summed E-state index contributed by atoms with van der Waals surface area (Å²) in [6.45, 7) is 4.90. The van der Waals surface area contributed by atoms with E-state index in [1.54, 1.807) is 0 Å². The molecule has 1 nitrogen and oxygen atoms in total. The number of hydrogen-bond donors (Lipinski definition) is 1. The maximum absolute atomic E-state index is 3.66. The molecule has 1 saturated carbocycles. The van der Waals surface area contributed by atoms with Crippen molar-refractivity contribution in [2.24, 2.45) is 11.3 Å². The van der Waals surface area contributed by atoms with E-state index in [-0.39, 0.29) is 0 Å². The van der Waals surface area contributed by atoms with Crippen molar-refractivity contribution in [3.63, 3.8) is 0 Å². The Balaban J connectivity index is 1.60. The minimum Gasteiger partial charge on any atom is -0.316 e. The van der Waals surface area contributed by atoms with Crippen LogP contribution in [-0.2, 0) is 0 Å². The Morgan fingerprint density at radius 1 is 1.36 bits per heavy atom. The van der Waals surface area contributed by atoms with Gasteiger partial charge in [-0.2, -0.15) is 0 Å². The second-order valence-electron chi connectivity index (χ2n) is 5.45. The fourth-order valence-electron chi connectivity index (χ4n) is 2.58. The Hall–Kier alpha value is -0.300. The van der Waals surface area contributed by atoms with Gasteiger partial charge in [0.05, 0.1) is 0 Å². The summed E-state index contributed by atoms with van der Waals surface area (Å²) in [5.41, 5.74) is 0.643. The third-order valence-corrected chi connectivity index (χ3v) is 3.92. The molecular formula is C13H23N. The molecule has 0 bridgehead atoms. The zero-order chi connectivity index (χ0) is 9.86. The molecule has 1 heteroatoms. The molecule has 0 aromatic rings. The van der Waals surface area contributed by atoms with Crippen molar-refractivity contribution in [2.45, 2.75) is 45.4 Å². The molecule has 2 aliphatic carbocycles. The molecule has 0 saturated heterocycles. The van der Waals surface area contributed by atoms with Crippen LogP contribution in [0.4, 0.5) is 0 Å². The van der Waals surface area contributed by atoms with Crippen LogP contribution in [0.1, 0.15) is 45.4 Å². The molecule has 0 aromatic heterocycles. The molecule has 2 rings (SSSR count). The van der Waals surface area contributed by atoms with Crippen LogP contribution in [-0.4, -0.2) is 13.1 Å². The fourth-order valence-corrected chi connectivity index (χ4v) is 2.58. The Morgan fingerprint density at radius 2 is 2.21 bits per heavy atom. The first kappa shape index (κ1) is 10.2. The van der Waals surface area contributed by atoms with Crippen molar-refractivity contribution in [1.82, 2.24) is 5.32 Å². The first-order valence-electron chi connectivity index (χ1n) is 6.14. The van der Waals surface area contributed by atoms with E-state index < -0.39 is 0 Å². The lowest BCUT2D eigenvalue weighted by Crippen LogP contribution is -2.39. The molecule has 0 amide bonds. The summed E-state index contributed by atoms with van der Waals surface area (Å²) >= 11 is 0. The number of allylic oxidation sites excluding steroid dienone is 2. The van der Waals surface area contributed by atoms with Gasteiger partial charge < -0.3 is 5.32 Å². The largest absolute Gasteiger partial charge is 0.316 e. The third-order valence-electron chi connectivity index (χ3n) is 3.92. The third kappa shape index (κ3) is 2.60. The highest BCUT2D eigenvalue weighted by Crippen LogP contribution is 2.39. The molecule has 0 aliphatic heterocycles. The van der Waals surface area contributed by atoms with Gasteiger partial charge in [-0.1, -0.05) is 25.5 Å². The van der Waals surface area contributed by atoms with Crippen molar-refractivity contribution in [3.8, 4) is 0 Å². The van der Waals surface area contributed by atoms with Crippen molar-refractivity contribution in [2.75, 3.05) is 13.1 Å². The van der Waals surface area contributed by atoms with Crippen LogP contribution in [0.3, 0.4) is 0 Å². The predicted octanol–water partition coefficient (Wildman–Crippen LogP) is 3.12. The summed E-state index contributed by atoms with van der Waals surface area (Å²) in [5.74, 6) is 0.906. The molecule has 0 heterocycles. The molecule has 14 heavy (non-hydrogen) atoms. The smallest absolute Gasteiger partial charge is 0.000528 e. The lowest BCUT2D eigenvalue weighted by Gasteiger charge is -2.39. The Labute approximate surface area is 88.0 Å². The van der Waals surface area contributed by atoms with Crippen LogP contribution < -0.4 is 5.32 Å². The lowest BCUT2D eigenvalue weighted by atomic mass is 9.70. The molecule has 80 valence electrons. The summed E-state index contributed by atoms with van der Waals surface area (Å²) < 4.78 is 0. The molecule has 2 aliphatic rings. The number of rotatable bonds is 4. The summed E-state index contributed by atoms with van der Waals surface area (Å²) in [6.07, 6.45) is 13.0. The van der Waals surface area contributed by atoms with Gasteiger partial charge in [0, 0.05) is 6.54 Å². The van der Waals surface area contributed by atoms with Crippen molar-refractivity contribution in [1.29, 1.82) is 0 Å². The molecule has 1 atom stereocenters. The van der Waals surface area contributed by atoms with Crippen LogP contribution in [0, 0.1) is 11.3 Å². The highest BCUT2D eigenvalue weighted by atomic mass is 14.9. The highest BCUT2D eigenvalue weighted by molar-refractivity contribution is 4.91. The molecular weight excluding hydrogens is 170 g/mol. The van der Waals surface area contributed by atoms with E-state index in [4.69, 9.17) is 0 Å². The van der Waals surface area contributed by atoms with Crippen LogP contribution >= 0.6 is 0 Å². The van der Waals surface area contributed by atoms with Crippen LogP contribution in [0.2, 0.25) is 0 Å². The predicted molar refractivity (Wildman–Crippen MR) is 61.3 cm³/mol. The van der Waals surface area contributed by atoms with E-state index in [9.17, 15) is 0 Å². The second-order valence-corrected chi connectivity index (χ2v) is 5.45. The maximum Gasteiger partial charge on any atom is 0.000528 e.